The molecule has 1 unspecified atom stereocenters. The summed E-state index contributed by atoms with van der Waals surface area (Å²) >= 11 is 0. The van der Waals surface area contributed by atoms with Gasteiger partial charge in [-0.15, -0.1) is 0 Å². The van der Waals surface area contributed by atoms with Crippen LogP contribution in [0.3, 0.4) is 0 Å². The van der Waals surface area contributed by atoms with Crippen LogP contribution >= 0.6 is 0 Å². The Labute approximate surface area is 126 Å². The number of hydrogen-bond donors (Lipinski definition) is 1. The number of nitrogens with zero attached hydrogens (tertiary/aromatic N) is 2. The van der Waals surface area contributed by atoms with Gasteiger partial charge in [-0.1, -0.05) is 31.0 Å². The second-order valence-corrected chi connectivity index (χ2v) is 7.12. The van der Waals surface area contributed by atoms with Crippen LogP contribution < -0.4 is 5.73 Å². The van der Waals surface area contributed by atoms with Gasteiger partial charge in [0.25, 0.3) is 0 Å². The minimum absolute atomic E-state index is 0.0528. The van der Waals surface area contributed by atoms with Crippen LogP contribution in [0.2, 0.25) is 0 Å². The predicted octanol–water partition coefficient (Wildman–Crippen LogP) is 3.73. The topological polar surface area (TPSA) is 51.8 Å². The smallest absolute Gasteiger partial charge is 0.159 e. The summed E-state index contributed by atoms with van der Waals surface area (Å²) < 4.78 is 0. The molecule has 3 heteroatoms. The Morgan fingerprint density at radius 2 is 1.81 bits per heavy atom. The molecule has 1 aliphatic carbocycles. The van der Waals surface area contributed by atoms with Gasteiger partial charge in [-0.2, -0.15) is 0 Å². The molecular weight excluding hydrogens is 258 g/mol. The first-order chi connectivity index (χ1) is 9.84. The molecular formula is C18H23N3. The third-order valence-electron chi connectivity index (χ3n) is 4.20. The Hall–Kier alpha value is -1.74. The zero-order valence-electron chi connectivity index (χ0n) is 13.3. The van der Waals surface area contributed by atoms with Gasteiger partial charge in [0.1, 0.15) is 0 Å². The molecule has 0 spiro atoms. The molecule has 0 saturated carbocycles. The Kier molecular flexibility index (Phi) is 3.33. The number of nitrogens with two attached hydrogens (primary N) is 1. The average Bonchev–Trinajstić information content (AvgIpc) is 2.35. The molecule has 0 radical (unpaired) electrons. The van der Waals surface area contributed by atoms with E-state index in [4.69, 9.17) is 10.7 Å². The molecule has 0 fully saturated rings. The van der Waals surface area contributed by atoms with Crippen molar-refractivity contribution in [3.05, 3.63) is 46.8 Å². The highest BCUT2D eigenvalue weighted by atomic mass is 14.9. The van der Waals surface area contributed by atoms with E-state index in [0.29, 0.717) is 0 Å². The fourth-order valence-electron chi connectivity index (χ4n) is 3.35. The standard InChI is InChI=1S/C18H23N3/c1-11-5-12(2)7-13(6-11)17-20-10-14-15(19)8-18(3,4)9-16(14)21-17/h5-7,10,15H,8-9,19H2,1-4H3. The lowest BCUT2D eigenvalue weighted by atomic mass is 9.74. The first kappa shape index (κ1) is 14.2. The summed E-state index contributed by atoms with van der Waals surface area (Å²) in [5, 5.41) is 0. The van der Waals surface area contributed by atoms with E-state index in [9.17, 15) is 0 Å². The van der Waals surface area contributed by atoms with E-state index >= 15 is 0 Å². The maximum Gasteiger partial charge on any atom is 0.159 e. The Morgan fingerprint density at radius 3 is 2.48 bits per heavy atom. The molecule has 0 bridgehead atoms. The molecule has 1 aromatic carbocycles. The summed E-state index contributed by atoms with van der Waals surface area (Å²) in [4.78, 5) is 9.37. The normalized spacial score (nSPS) is 20.1. The van der Waals surface area contributed by atoms with Crippen LogP contribution in [0.15, 0.2) is 24.4 Å². The number of hydrogen-bond acceptors (Lipinski definition) is 3. The fraction of sp³-hybridized carbons (Fsp3) is 0.444. The second-order valence-electron chi connectivity index (χ2n) is 7.12. The number of aryl methyl sites for hydroxylation is 2. The summed E-state index contributed by atoms with van der Waals surface area (Å²) in [6.07, 6.45) is 3.89. The van der Waals surface area contributed by atoms with Gasteiger partial charge >= 0.3 is 0 Å². The zero-order valence-corrected chi connectivity index (χ0v) is 13.3. The first-order valence-corrected chi connectivity index (χ1v) is 7.54. The van der Waals surface area contributed by atoms with Crippen LogP contribution in [0.5, 0.6) is 0 Å². The third kappa shape index (κ3) is 2.84. The van der Waals surface area contributed by atoms with E-state index in [2.05, 4.69) is 50.9 Å². The summed E-state index contributed by atoms with van der Waals surface area (Å²) in [7, 11) is 0. The Bertz CT molecular complexity index is 669. The number of fused-ring (bicyclic) bond motifs is 1. The van der Waals surface area contributed by atoms with Crippen LogP contribution in [-0.4, -0.2) is 9.97 Å². The molecule has 3 rings (SSSR count). The van der Waals surface area contributed by atoms with E-state index in [1.165, 1.54) is 11.1 Å². The maximum absolute atomic E-state index is 6.28. The Balaban J connectivity index is 2.07. The largest absolute Gasteiger partial charge is 0.324 e. The second kappa shape index (κ2) is 4.92. The van der Waals surface area contributed by atoms with Crippen molar-refractivity contribution in [1.82, 2.24) is 9.97 Å². The lowest BCUT2D eigenvalue weighted by Crippen LogP contribution is -2.30. The highest BCUT2D eigenvalue weighted by molar-refractivity contribution is 5.58. The summed E-state index contributed by atoms with van der Waals surface area (Å²) in [6, 6.07) is 6.50. The minimum atomic E-state index is 0.0528. The number of benzene rings is 1. The molecule has 1 aliphatic rings. The molecule has 1 aromatic heterocycles. The van der Waals surface area contributed by atoms with Crippen molar-refractivity contribution in [2.24, 2.45) is 11.1 Å². The van der Waals surface area contributed by atoms with Gasteiger partial charge in [0, 0.05) is 29.1 Å². The maximum atomic E-state index is 6.28. The summed E-state index contributed by atoms with van der Waals surface area (Å²) in [5.41, 5.74) is 12.3. The lowest BCUT2D eigenvalue weighted by Gasteiger charge is -2.34. The highest BCUT2D eigenvalue weighted by Gasteiger charge is 2.31. The van der Waals surface area contributed by atoms with Crippen molar-refractivity contribution in [3.63, 3.8) is 0 Å². The van der Waals surface area contributed by atoms with Crippen LogP contribution in [0.4, 0.5) is 0 Å². The number of rotatable bonds is 1. The van der Waals surface area contributed by atoms with Crippen molar-refractivity contribution in [3.8, 4) is 11.4 Å². The van der Waals surface area contributed by atoms with Gasteiger partial charge in [-0.25, -0.2) is 9.97 Å². The van der Waals surface area contributed by atoms with E-state index in [1.54, 1.807) is 0 Å². The van der Waals surface area contributed by atoms with E-state index in [1.807, 2.05) is 6.20 Å². The van der Waals surface area contributed by atoms with Crippen LogP contribution in [0.25, 0.3) is 11.4 Å². The highest BCUT2D eigenvalue weighted by Crippen LogP contribution is 2.38. The molecule has 1 heterocycles. The summed E-state index contributed by atoms with van der Waals surface area (Å²) in [5.74, 6) is 0.811. The van der Waals surface area contributed by atoms with Gasteiger partial charge in [0.05, 0.1) is 0 Å². The molecule has 110 valence electrons. The minimum Gasteiger partial charge on any atom is -0.324 e. The molecule has 3 nitrogen and oxygen atoms in total. The van der Waals surface area contributed by atoms with Gasteiger partial charge in [-0.3, -0.25) is 0 Å². The lowest BCUT2D eigenvalue weighted by molar-refractivity contribution is 0.278. The van der Waals surface area contributed by atoms with Crippen molar-refractivity contribution >= 4 is 0 Å². The molecule has 2 aromatic rings. The van der Waals surface area contributed by atoms with Crippen molar-refractivity contribution < 1.29 is 0 Å². The zero-order chi connectivity index (χ0) is 15.2. The van der Waals surface area contributed by atoms with Gasteiger partial charge in [-0.05, 0) is 44.2 Å². The monoisotopic (exact) mass is 281 g/mol. The average molecular weight is 281 g/mol. The van der Waals surface area contributed by atoms with Crippen LogP contribution in [-0.2, 0) is 6.42 Å². The van der Waals surface area contributed by atoms with Crippen molar-refractivity contribution in [2.45, 2.75) is 46.6 Å². The van der Waals surface area contributed by atoms with Gasteiger partial charge in [0.15, 0.2) is 5.82 Å². The van der Waals surface area contributed by atoms with Crippen molar-refractivity contribution in [1.29, 1.82) is 0 Å². The molecule has 0 amide bonds. The SMILES string of the molecule is Cc1cc(C)cc(-c2ncc3c(n2)CC(C)(C)CC3N)c1. The predicted molar refractivity (Wildman–Crippen MR) is 86.0 cm³/mol. The Morgan fingerprint density at radius 1 is 1.14 bits per heavy atom. The van der Waals surface area contributed by atoms with E-state index in [-0.39, 0.29) is 11.5 Å². The fourth-order valence-corrected chi connectivity index (χ4v) is 3.35. The van der Waals surface area contributed by atoms with E-state index in [0.717, 1.165) is 35.5 Å². The summed E-state index contributed by atoms with van der Waals surface area (Å²) in [6.45, 7) is 8.73. The molecule has 2 N–H and O–H groups in total. The molecule has 0 saturated heterocycles. The van der Waals surface area contributed by atoms with Crippen LogP contribution in [0.1, 0.15) is 48.7 Å². The first-order valence-electron chi connectivity index (χ1n) is 7.54. The van der Waals surface area contributed by atoms with Gasteiger partial charge in [0.2, 0.25) is 0 Å². The molecule has 1 atom stereocenters. The molecule has 0 aliphatic heterocycles. The molecule has 21 heavy (non-hydrogen) atoms. The van der Waals surface area contributed by atoms with Crippen LogP contribution in [0, 0.1) is 19.3 Å². The van der Waals surface area contributed by atoms with E-state index < -0.39 is 0 Å². The third-order valence-corrected chi connectivity index (χ3v) is 4.20. The number of aromatic nitrogens is 2. The van der Waals surface area contributed by atoms with Crippen molar-refractivity contribution in [2.75, 3.05) is 0 Å². The quantitative estimate of drug-likeness (QED) is 0.866. The van der Waals surface area contributed by atoms with Gasteiger partial charge < -0.3 is 5.73 Å².